The lowest BCUT2D eigenvalue weighted by molar-refractivity contribution is -0.146. The number of carbonyl (C=O) groups excluding carboxylic acids is 1. The minimum Gasteiger partial charge on any atom is -0.493 e. The molecule has 33 heavy (non-hydrogen) atoms. The summed E-state index contributed by atoms with van der Waals surface area (Å²) < 4.78 is 76.0. The number of cyclic esters (lactones) is 1. The van der Waals surface area contributed by atoms with E-state index < -0.39 is 33.5 Å². The average molecular weight is 496 g/mol. The van der Waals surface area contributed by atoms with E-state index in [4.69, 9.17) is 15.2 Å². The van der Waals surface area contributed by atoms with E-state index >= 15 is 0 Å². The van der Waals surface area contributed by atoms with Gasteiger partial charge in [-0.2, -0.15) is 21.6 Å². The lowest BCUT2D eigenvalue weighted by atomic mass is 9.82. The van der Waals surface area contributed by atoms with Gasteiger partial charge in [-0.25, -0.2) is 0 Å². The third kappa shape index (κ3) is 6.75. The summed E-state index contributed by atoms with van der Waals surface area (Å²) in [5.74, 6) is -0.798. The Labute approximate surface area is 192 Å². The van der Waals surface area contributed by atoms with Gasteiger partial charge in [0.25, 0.3) is 0 Å². The number of benzene rings is 1. The second-order valence-corrected chi connectivity index (χ2v) is 10.7. The number of halogens is 3. The number of ether oxygens (including phenoxy) is 2. The second-order valence-electron chi connectivity index (χ2n) is 9.14. The van der Waals surface area contributed by atoms with Gasteiger partial charge in [0, 0.05) is 6.04 Å². The summed E-state index contributed by atoms with van der Waals surface area (Å²) in [5.41, 5.74) is 1.38. The third-order valence-corrected chi connectivity index (χ3v) is 7.03. The smallest absolute Gasteiger partial charge is 0.493 e. The Balaban J connectivity index is 2.18. The highest BCUT2D eigenvalue weighted by atomic mass is 32.2. The number of methoxy groups -OCH3 is 1. The van der Waals surface area contributed by atoms with Crippen LogP contribution in [0.25, 0.3) is 0 Å². The average Bonchev–Trinajstić information content (AvgIpc) is 3.08. The molecule has 1 fully saturated rings. The van der Waals surface area contributed by atoms with Crippen molar-refractivity contribution >= 4 is 16.1 Å². The van der Waals surface area contributed by atoms with E-state index in [1.165, 1.54) is 19.2 Å². The van der Waals surface area contributed by atoms with Crippen LogP contribution in [-0.4, -0.2) is 39.2 Å². The molecule has 0 spiro atoms. The molecule has 0 unspecified atom stereocenters. The van der Waals surface area contributed by atoms with Crippen molar-refractivity contribution in [1.29, 1.82) is 0 Å². The molecule has 2 rings (SSSR count). The van der Waals surface area contributed by atoms with Crippen molar-refractivity contribution in [3.05, 3.63) is 23.8 Å². The van der Waals surface area contributed by atoms with Gasteiger partial charge < -0.3 is 19.4 Å². The standard InChI is InChI=1S/C22H32F3NO6S/c1-12(2)15(10-17(26)19-11-16(13(3)4)21(27)31-19)8-14-6-7-18(30-5)20(9-14)32-33(28,29)22(23,24)25/h6-7,9,12-13,15-17,19H,8,10-11,26H2,1-5H3/t15-,16-,17-,19-/m0/s1. The number of hydrogen-bond acceptors (Lipinski definition) is 7. The van der Waals surface area contributed by atoms with Crippen LogP contribution < -0.4 is 14.7 Å². The molecule has 7 nitrogen and oxygen atoms in total. The van der Waals surface area contributed by atoms with Crippen LogP contribution in [0.15, 0.2) is 18.2 Å². The summed E-state index contributed by atoms with van der Waals surface area (Å²) in [6.07, 6.45) is 1.09. The minimum atomic E-state index is -5.84. The van der Waals surface area contributed by atoms with E-state index in [9.17, 15) is 26.4 Å². The van der Waals surface area contributed by atoms with Crippen molar-refractivity contribution in [3.8, 4) is 11.5 Å². The van der Waals surface area contributed by atoms with Crippen molar-refractivity contribution in [2.24, 2.45) is 29.4 Å². The van der Waals surface area contributed by atoms with Crippen molar-refractivity contribution in [3.63, 3.8) is 0 Å². The highest BCUT2D eigenvalue weighted by molar-refractivity contribution is 7.88. The first-order chi connectivity index (χ1) is 15.2. The minimum absolute atomic E-state index is 0.00253. The van der Waals surface area contributed by atoms with Crippen molar-refractivity contribution in [2.75, 3.05) is 7.11 Å². The Bertz CT molecular complexity index is 933. The summed E-state index contributed by atoms with van der Waals surface area (Å²) in [4.78, 5) is 12.1. The Morgan fingerprint density at radius 1 is 1.18 bits per heavy atom. The van der Waals surface area contributed by atoms with Crippen LogP contribution >= 0.6 is 0 Å². The van der Waals surface area contributed by atoms with Crippen molar-refractivity contribution in [2.45, 2.75) is 64.6 Å². The van der Waals surface area contributed by atoms with Gasteiger partial charge in [-0.15, -0.1) is 0 Å². The molecule has 0 bridgehead atoms. The molecule has 1 aromatic carbocycles. The van der Waals surface area contributed by atoms with Crippen LogP contribution in [0, 0.1) is 23.7 Å². The van der Waals surface area contributed by atoms with Crippen LogP contribution in [0.2, 0.25) is 0 Å². The van der Waals surface area contributed by atoms with Gasteiger partial charge in [-0.05, 0) is 54.7 Å². The molecule has 1 saturated heterocycles. The molecule has 188 valence electrons. The molecule has 0 radical (unpaired) electrons. The SMILES string of the molecule is COc1ccc(C[C@@H](C[C@H](N)[C@@H]2C[C@@H](C(C)C)C(=O)O2)C(C)C)cc1OS(=O)(=O)C(F)(F)F. The van der Waals surface area contributed by atoms with E-state index in [-0.39, 0.29) is 35.4 Å². The largest absolute Gasteiger partial charge is 0.534 e. The Morgan fingerprint density at radius 3 is 2.30 bits per heavy atom. The first kappa shape index (κ1) is 27.2. The highest BCUT2D eigenvalue weighted by Crippen LogP contribution is 2.36. The van der Waals surface area contributed by atoms with Crippen LogP contribution in [0.1, 0.15) is 46.1 Å². The van der Waals surface area contributed by atoms with E-state index in [0.29, 0.717) is 24.8 Å². The van der Waals surface area contributed by atoms with Crippen LogP contribution in [-0.2, 0) is 26.1 Å². The zero-order valence-corrected chi connectivity index (χ0v) is 20.2. The molecule has 0 aliphatic carbocycles. The second kappa shape index (κ2) is 10.5. The molecule has 1 aromatic rings. The molecule has 2 N–H and O–H groups in total. The lowest BCUT2D eigenvalue weighted by Gasteiger charge is -2.27. The van der Waals surface area contributed by atoms with Crippen molar-refractivity contribution < 1.29 is 40.0 Å². The molecule has 1 aliphatic heterocycles. The van der Waals surface area contributed by atoms with Crippen molar-refractivity contribution in [1.82, 2.24) is 0 Å². The summed E-state index contributed by atoms with van der Waals surface area (Å²) in [6.45, 7) is 7.90. The zero-order valence-electron chi connectivity index (χ0n) is 19.4. The Hall–Kier alpha value is -2.01. The maximum Gasteiger partial charge on any atom is 0.534 e. The number of nitrogens with two attached hydrogens (primary N) is 1. The third-order valence-electron chi connectivity index (χ3n) is 6.07. The maximum absolute atomic E-state index is 12.8. The number of alkyl halides is 3. The molecule has 1 aliphatic rings. The maximum atomic E-state index is 12.8. The van der Waals surface area contributed by atoms with E-state index in [1.54, 1.807) is 6.07 Å². The summed E-state index contributed by atoms with van der Waals surface area (Å²) in [6, 6.07) is 3.83. The molecule has 0 aromatic heterocycles. The van der Waals surface area contributed by atoms with E-state index in [2.05, 4.69) is 4.18 Å². The molecule has 0 saturated carbocycles. The Kier molecular flexibility index (Phi) is 8.67. The number of esters is 1. The Morgan fingerprint density at radius 2 is 1.82 bits per heavy atom. The summed E-state index contributed by atoms with van der Waals surface area (Å²) >= 11 is 0. The summed E-state index contributed by atoms with van der Waals surface area (Å²) in [5, 5.41) is 0. The molecule has 0 amide bonds. The molecule has 1 heterocycles. The highest BCUT2D eigenvalue weighted by Gasteiger charge is 2.49. The van der Waals surface area contributed by atoms with Crippen LogP contribution in [0.4, 0.5) is 13.2 Å². The van der Waals surface area contributed by atoms with Gasteiger partial charge in [0.15, 0.2) is 11.5 Å². The lowest BCUT2D eigenvalue weighted by Crippen LogP contribution is -2.37. The van der Waals surface area contributed by atoms with Gasteiger partial charge in [0.05, 0.1) is 13.0 Å². The molecule has 4 atom stereocenters. The number of carbonyl (C=O) groups is 1. The number of rotatable bonds is 10. The first-order valence-corrected chi connectivity index (χ1v) is 12.2. The first-order valence-electron chi connectivity index (χ1n) is 10.8. The predicted molar refractivity (Wildman–Crippen MR) is 116 cm³/mol. The number of hydrogen-bond donors (Lipinski definition) is 1. The van der Waals surface area contributed by atoms with E-state index in [1.807, 2.05) is 27.7 Å². The van der Waals surface area contributed by atoms with Crippen LogP contribution in [0.5, 0.6) is 11.5 Å². The fourth-order valence-electron chi connectivity index (χ4n) is 3.91. The van der Waals surface area contributed by atoms with Gasteiger partial charge in [0.2, 0.25) is 0 Å². The van der Waals surface area contributed by atoms with Crippen LogP contribution in [0.3, 0.4) is 0 Å². The quantitative estimate of drug-likeness (QED) is 0.297. The predicted octanol–water partition coefficient (Wildman–Crippen LogP) is 4.04. The molecular weight excluding hydrogens is 463 g/mol. The summed E-state index contributed by atoms with van der Waals surface area (Å²) in [7, 11) is -4.64. The normalized spacial score (nSPS) is 21.2. The van der Waals surface area contributed by atoms with Gasteiger partial charge in [-0.1, -0.05) is 33.8 Å². The zero-order chi connectivity index (χ0) is 25.1. The van der Waals surface area contributed by atoms with Gasteiger partial charge in [0.1, 0.15) is 6.10 Å². The fraction of sp³-hybridized carbons (Fsp3) is 0.682. The molecular formula is C22H32F3NO6S. The van der Waals surface area contributed by atoms with E-state index in [0.717, 1.165) is 0 Å². The molecule has 11 heteroatoms. The van der Waals surface area contributed by atoms with Gasteiger partial charge in [-0.3, -0.25) is 4.79 Å². The topological polar surface area (TPSA) is 105 Å². The monoisotopic (exact) mass is 495 g/mol. The fourth-order valence-corrected chi connectivity index (χ4v) is 4.37. The van der Waals surface area contributed by atoms with Gasteiger partial charge >= 0.3 is 21.6 Å².